The van der Waals surface area contributed by atoms with Crippen LogP contribution in [0.5, 0.6) is 0 Å². The van der Waals surface area contributed by atoms with Crippen molar-refractivity contribution in [2.24, 2.45) is 0 Å². The number of esters is 2. The van der Waals surface area contributed by atoms with E-state index in [1.54, 1.807) is 12.1 Å². The summed E-state index contributed by atoms with van der Waals surface area (Å²) >= 11 is 0. The lowest BCUT2D eigenvalue weighted by Crippen LogP contribution is -2.28. The molecule has 0 spiro atoms. The Balaban J connectivity index is 1.94. The molecule has 10 heteroatoms. The Hall–Kier alpha value is -4.18. The molecule has 3 aromatic carbocycles. The molecule has 1 amide bonds. The summed E-state index contributed by atoms with van der Waals surface area (Å²) in [5.41, 5.74) is 0.690. The normalized spacial score (nSPS) is 11.7. The number of benzene rings is 3. The molecule has 3 aromatic rings. The molecule has 0 aromatic heterocycles. The SMILES string of the molecule is COC(=O)c1cc(C(=O)OC)cc(S(=O)(=O)Nc2ccccc2C(=O)NC(C)c2ccccc2)c1. The van der Waals surface area contributed by atoms with Crippen molar-refractivity contribution in [3.8, 4) is 0 Å². The van der Waals surface area contributed by atoms with Crippen molar-refractivity contribution in [3.05, 3.63) is 95.1 Å². The highest BCUT2D eigenvalue weighted by atomic mass is 32.2. The van der Waals surface area contributed by atoms with Gasteiger partial charge in [-0.2, -0.15) is 0 Å². The van der Waals surface area contributed by atoms with E-state index in [4.69, 9.17) is 0 Å². The third-order valence-electron chi connectivity index (χ3n) is 5.12. The van der Waals surface area contributed by atoms with Crippen LogP contribution < -0.4 is 10.0 Å². The standard InChI is InChI=1S/C25H24N2O7S/c1-16(17-9-5-4-6-10-17)26-23(28)21-11-7-8-12-22(21)27-35(31,32)20-14-18(24(29)33-2)13-19(15-20)25(30)34-3/h4-16,27H,1-3H3,(H,26,28). The van der Waals surface area contributed by atoms with Crippen LogP contribution in [0, 0.1) is 0 Å². The van der Waals surface area contributed by atoms with Crippen LogP contribution in [0.3, 0.4) is 0 Å². The zero-order chi connectivity index (χ0) is 25.6. The minimum Gasteiger partial charge on any atom is -0.465 e. The number of nitrogens with one attached hydrogen (secondary N) is 2. The molecular weight excluding hydrogens is 472 g/mol. The molecule has 9 nitrogen and oxygen atoms in total. The molecule has 0 aliphatic carbocycles. The molecule has 0 saturated heterocycles. The minimum atomic E-state index is -4.32. The first kappa shape index (κ1) is 25.4. The highest BCUT2D eigenvalue weighted by Crippen LogP contribution is 2.24. The number of hydrogen-bond acceptors (Lipinski definition) is 7. The first-order chi connectivity index (χ1) is 16.7. The Bertz CT molecular complexity index is 1320. The number of carbonyl (C=O) groups excluding carboxylic acids is 3. The molecule has 0 saturated carbocycles. The monoisotopic (exact) mass is 496 g/mol. The van der Waals surface area contributed by atoms with Gasteiger partial charge in [0.2, 0.25) is 0 Å². The summed E-state index contributed by atoms with van der Waals surface area (Å²) in [4.78, 5) is 36.7. The van der Waals surface area contributed by atoms with Gasteiger partial charge in [-0.05, 0) is 42.8 Å². The summed E-state index contributed by atoms with van der Waals surface area (Å²) < 4.78 is 38.1. The predicted molar refractivity (Wildman–Crippen MR) is 129 cm³/mol. The average Bonchev–Trinajstić information content (AvgIpc) is 2.87. The fourth-order valence-corrected chi connectivity index (χ4v) is 4.45. The van der Waals surface area contributed by atoms with E-state index in [0.29, 0.717) is 0 Å². The van der Waals surface area contributed by atoms with Gasteiger partial charge < -0.3 is 14.8 Å². The zero-order valence-corrected chi connectivity index (χ0v) is 20.1. The zero-order valence-electron chi connectivity index (χ0n) is 19.3. The highest BCUT2D eigenvalue weighted by Gasteiger charge is 2.23. The molecule has 1 atom stereocenters. The smallest absolute Gasteiger partial charge is 0.337 e. The first-order valence-electron chi connectivity index (χ1n) is 10.5. The summed E-state index contributed by atoms with van der Waals surface area (Å²) in [6, 6.07) is 18.4. The van der Waals surface area contributed by atoms with Crippen LogP contribution in [0.25, 0.3) is 0 Å². The van der Waals surface area contributed by atoms with Crippen LogP contribution in [-0.2, 0) is 19.5 Å². The van der Waals surface area contributed by atoms with E-state index in [9.17, 15) is 22.8 Å². The van der Waals surface area contributed by atoms with Gasteiger partial charge >= 0.3 is 11.9 Å². The number of amides is 1. The molecule has 0 radical (unpaired) electrons. The van der Waals surface area contributed by atoms with Crippen LogP contribution in [0.4, 0.5) is 5.69 Å². The van der Waals surface area contributed by atoms with Gasteiger partial charge in [-0.3, -0.25) is 9.52 Å². The Morgan fingerprint density at radius 3 is 1.91 bits per heavy atom. The Morgan fingerprint density at radius 1 is 0.800 bits per heavy atom. The second-order valence-corrected chi connectivity index (χ2v) is 9.17. The maximum absolute atomic E-state index is 13.2. The van der Waals surface area contributed by atoms with Gasteiger partial charge in [0, 0.05) is 0 Å². The topological polar surface area (TPSA) is 128 Å². The maximum Gasteiger partial charge on any atom is 0.337 e. The summed E-state index contributed by atoms with van der Waals surface area (Å²) in [6.07, 6.45) is 0. The van der Waals surface area contributed by atoms with Crippen LogP contribution in [0.1, 0.15) is 49.6 Å². The van der Waals surface area contributed by atoms with Crippen molar-refractivity contribution in [2.45, 2.75) is 17.9 Å². The molecule has 0 heterocycles. The van der Waals surface area contributed by atoms with E-state index >= 15 is 0 Å². The number of para-hydroxylation sites is 1. The van der Waals surface area contributed by atoms with Crippen molar-refractivity contribution < 1.29 is 32.3 Å². The second-order valence-electron chi connectivity index (χ2n) is 7.49. The number of carbonyl (C=O) groups is 3. The highest BCUT2D eigenvalue weighted by molar-refractivity contribution is 7.92. The molecule has 2 N–H and O–H groups in total. The van der Waals surface area contributed by atoms with E-state index in [0.717, 1.165) is 31.9 Å². The molecular formula is C25H24N2O7S. The van der Waals surface area contributed by atoms with Crippen molar-refractivity contribution in [1.29, 1.82) is 0 Å². The molecule has 0 aliphatic heterocycles. The molecule has 35 heavy (non-hydrogen) atoms. The third kappa shape index (κ3) is 6.04. The fraction of sp³-hybridized carbons (Fsp3) is 0.160. The average molecular weight is 497 g/mol. The number of anilines is 1. The molecule has 3 rings (SSSR count). The van der Waals surface area contributed by atoms with Crippen LogP contribution >= 0.6 is 0 Å². The molecule has 182 valence electrons. The Labute approximate surface area is 203 Å². The van der Waals surface area contributed by atoms with E-state index in [-0.39, 0.29) is 33.3 Å². The van der Waals surface area contributed by atoms with Gasteiger partial charge in [0.1, 0.15) is 0 Å². The van der Waals surface area contributed by atoms with Crippen LogP contribution in [0.15, 0.2) is 77.7 Å². The van der Waals surface area contributed by atoms with Gasteiger partial charge in [-0.1, -0.05) is 42.5 Å². The molecule has 0 fully saturated rings. The largest absolute Gasteiger partial charge is 0.465 e. The number of rotatable bonds is 8. The van der Waals surface area contributed by atoms with Gasteiger partial charge in [-0.25, -0.2) is 18.0 Å². The summed E-state index contributed by atoms with van der Waals surface area (Å²) in [5, 5.41) is 2.85. The van der Waals surface area contributed by atoms with E-state index in [2.05, 4.69) is 19.5 Å². The minimum absolute atomic E-state index is 0.0216. The van der Waals surface area contributed by atoms with E-state index in [1.165, 1.54) is 18.2 Å². The molecule has 1 unspecified atom stereocenters. The van der Waals surface area contributed by atoms with Gasteiger partial charge in [0.25, 0.3) is 15.9 Å². The molecule has 0 bridgehead atoms. The Kier molecular flexibility index (Phi) is 7.87. The van der Waals surface area contributed by atoms with Crippen LogP contribution in [-0.4, -0.2) is 40.5 Å². The van der Waals surface area contributed by atoms with Crippen molar-refractivity contribution in [3.63, 3.8) is 0 Å². The molecule has 0 aliphatic rings. The summed E-state index contributed by atoms with van der Waals surface area (Å²) in [7, 11) is -2.06. The van der Waals surface area contributed by atoms with Gasteiger partial charge in [-0.15, -0.1) is 0 Å². The lowest BCUT2D eigenvalue weighted by atomic mass is 10.1. The Morgan fingerprint density at radius 2 is 1.34 bits per heavy atom. The second kappa shape index (κ2) is 10.8. The lowest BCUT2D eigenvalue weighted by molar-refractivity contribution is 0.0598. The number of sulfonamides is 1. The van der Waals surface area contributed by atoms with Crippen molar-refractivity contribution in [2.75, 3.05) is 18.9 Å². The number of ether oxygens (including phenoxy) is 2. The number of hydrogen-bond donors (Lipinski definition) is 2. The maximum atomic E-state index is 13.2. The van der Waals surface area contributed by atoms with E-state index < -0.39 is 27.9 Å². The van der Waals surface area contributed by atoms with Gasteiger partial charge in [0.05, 0.1) is 47.5 Å². The van der Waals surface area contributed by atoms with Gasteiger partial charge in [0.15, 0.2) is 0 Å². The van der Waals surface area contributed by atoms with Crippen molar-refractivity contribution in [1.82, 2.24) is 5.32 Å². The van der Waals surface area contributed by atoms with E-state index in [1.807, 2.05) is 37.3 Å². The quantitative estimate of drug-likeness (QED) is 0.457. The predicted octanol–water partition coefficient (Wildman–Crippen LogP) is 3.55. The first-order valence-corrected chi connectivity index (χ1v) is 11.9. The van der Waals surface area contributed by atoms with Crippen molar-refractivity contribution >= 4 is 33.6 Å². The van der Waals surface area contributed by atoms with Crippen LogP contribution in [0.2, 0.25) is 0 Å². The lowest BCUT2D eigenvalue weighted by Gasteiger charge is -2.17. The fourth-order valence-electron chi connectivity index (χ4n) is 3.30. The summed E-state index contributed by atoms with van der Waals surface area (Å²) in [6.45, 7) is 1.81. The number of methoxy groups -OCH3 is 2. The summed E-state index contributed by atoms with van der Waals surface area (Å²) in [5.74, 6) is -2.15. The third-order valence-corrected chi connectivity index (χ3v) is 6.47.